The van der Waals surface area contributed by atoms with Crippen molar-refractivity contribution in [1.29, 1.82) is 0 Å². The number of H-pyrrole nitrogens is 1. The van der Waals surface area contributed by atoms with Gasteiger partial charge in [0.1, 0.15) is 0 Å². The van der Waals surface area contributed by atoms with E-state index in [-0.39, 0.29) is 6.10 Å². The Bertz CT molecular complexity index is 677. The van der Waals surface area contributed by atoms with Gasteiger partial charge in [0.2, 0.25) is 0 Å². The number of nitrogens with zero attached hydrogens (tertiary/aromatic N) is 5. The second-order valence-electron chi connectivity index (χ2n) is 7.24. The Morgan fingerprint density at radius 2 is 2.12 bits per heavy atom. The lowest BCUT2D eigenvalue weighted by Gasteiger charge is -2.28. The Balaban J connectivity index is 1.55. The van der Waals surface area contributed by atoms with Gasteiger partial charge >= 0.3 is 0 Å². The van der Waals surface area contributed by atoms with Crippen LogP contribution in [0.3, 0.4) is 0 Å². The maximum Gasteiger partial charge on any atom is 0.0768 e. The van der Waals surface area contributed by atoms with E-state index < -0.39 is 0 Å². The zero-order chi connectivity index (χ0) is 17.8. The van der Waals surface area contributed by atoms with E-state index in [0.29, 0.717) is 0 Å². The molecule has 0 aromatic carbocycles. The van der Waals surface area contributed by atoms with Crippen molar-refractivity contribution in [3.63, 3.8) is 0 Å². The van der Waals surface area contributed by atoms with Crippen LogP contribution < -0.4 is 0 Å². The van der Waals surface area contributed by atoms with Gasteiger partial charge in [0, 0.05) is 38.4 Å². The number of aryl methyl sites for hydroxylation is 1. The van der Waals surface area contributed by atoms with Crippen molar-refractivity contribution < 1.29 is 5.11 Å². The number of aromatic nitrogens is 4. The molecule has 138 valence electrons. The normalized spacial score (nSPS) is 16.4. The molecule has 25 heavy (non-hydrogen) atoms. The van der Waals surface area contributed by atoms with Crippen LogP contribution in [0.4, 0.5) is 0 Å². The second kappa shape index (κ2) is 8.12. The highest BCUT2D eigenvalue weighted by atomic mass is 16.3. The lowest BCUT2D eigenvalue weighted by molar-refractivity contribution is 0.107. The summed E-state index contributed by atoms with van der Waals surface area (Å²) in [6.45, 7) is 9.10. The Labute approximate surface area is 149 Å². The minimum Gasteiger partial charge on any atom is -0.392 e. The fourth-order valence-corrected chi connectivity index (χ4v) is 3.48. The number of β-amino-alcohol motifs (C(OH)–C–C–N with tert-alkyl or cyclic N) is 1. The number of hydrogen-bond acceptors (Lipinski definition) is 5. The molecule has 0 aliphatic carbocycles. The summed E-state index contributed by atoms with van der Waals surface area (Å²) in [6, 6.07) is 4.35. The van der Waals surface area contributed by atoms with Crippen LogP contribution in [0.2, 0.25) is 0 Å². The van der Waals surface area contributed by atoms with Crippen LogP contribution in [0.5, 0.6) is 0 Å². The molecule has 7 nitrogen and oxygen atoms in total. The van der Waals surface area contributed by atoms with Crippen LogP contribution in [0.1, 0.15) is 43.0 Å². The van der Waals surface area contributed by atoms with E-state index in [0.717, 1.165) is 69.2 Å². The molecule has 3 rings (SSSR count). The zero-order valence-electron chi connectivity index (χ0n) is 15.6. The summed E-state index contributed by atoms with van der Waals surface area (Å²) in [5, 5.41) is 21.8. The standard InChI is InChI=1S/C18H30N6O/c1-4-5-15-8-16(20-19-15)11-22(3)12-17-9-18-13-23(10-14(2)25)6-7-24(18)21-17/h8-9,14,25H,4-7,10-13H2,1-3H3,(H,19,20). The molecule has 7 heteroatoms. The number of aliphatic hydroxyl groups excluding tert-OH is 1. The first-order chi connectivity index (χ1) is 12.0. The number of rotatable bonds is 8. The average Bonchev–Trinajstić information content (AvgIpc) is 3.12. The summed E-state index contributed by atoms with van der Waals surface area (Å²) in [5.41, 5.74) is 4.63. The quantitative estimate of drug-likeness (QED) is 0.756. The second-order valence-corrected chi connectivity index (χ2v) is 7.24. The molecule has 3 heterocycles. The van der Waals surface area contributed by atoms with E-state index in [2.05, 4.69) is 50.8 Å². The highest BCUT2D eigenvalue weighted by molar-refractivity contribution is 5.13. The highest BCUT2D eigenvalue weighted by Gasteiger charge is 2.19. The molecule has 1 unspecified atom stereocenters. The van der Waals surface area contributed by atoms with Gasteiger partial charge in [-0.15, -0.1) is 0 Å². The zero-order valence-corrected chi connectivity index (χ0v) is 15.6. The van der Waals surface area contributed by atoms with Crippen molar-refractivity contribution in [2.45, 2.75) is 59.0 Å². The van der Waals surface area contributed by atoms with Crippen molar-refractivity contribution in [2.75, 3.05) is 20.1 Å². The molecule has 0 amide bonds. The largest absolute Gasteiger partial charge is 0.392 e. The van der Waals surface area contributed by atoms with Crippen LogP contribution in [-0.4, -0.2) is 61.1 Å². The van der Waals surface area contributed by atoms with Crippen molar-refractivity contribution in [1.82, 2.24) is 29.8 Å². The Kier molecular flexibility index (Phi) is 5.88. The van der Waals surface area contributed by atoms with Crippen molar-refractivity contribution in [2.24, 2.45) is 0 Å². The fourth-order valence-electron chi connectivity index (χ4n) is 3.48. The van der Waals surface area contributed by atoms with Crippen molar-refractivity contribution >= 4 is 0 Å². The molecule has 0 saturated carbocycles. The molecule has 0 spiro atoms. The van der Waals surface area contributed by atoms with Crippen LogP contribution in [0.15, 0.2) is 12.1 Å². The number of fused-ring (bicyclic) bond motifs is 1. The molecule has 2 N–H and O–H groups in total. The summed E-state index contributed by atoms with van der Waals surface area (Å²) >= 11 is 0. The Morgan fingerprint density at radius 1 is 1.28 bits per heavy atom. The SMILES string of the molecule is CCCc1cc(CN(C)Cc2cc3n(n2)CCN(CC(C)O)C3)[nH]n1. The van der Waals surface area contributed by atoms with Gasteiger partial charge < -0.3 is 5.11 Å². The maximum absolute atomic E-state index is 9.57. The number of aromatic amines is 1. The molecule has 0 fully saturated rings. The fraction of sp³-hybridized carbons (Fsp3) is 0.667. The molecule has 2 aromatic rings. The number of aliphatic hydroxyl groups is 1. The molecule has 1 aliphatic heterocycles. The number of nitrogens with one attached hydrogen (secondary N) is 1. The van der Waals surface area contributed by atoms with Gasteiger partial charge in [0.15, 0.2) is 0 Å². The monoisotopic (exact) mass is 346 g/mol. The van der Waals surface area contributed by atoms with Crippen molar-refractivity contribution in [3.05, 3.63) is 34.9 Å². The molecule has 0 radical (unpaired) electrons. The maximum atomic E-state index is 9.57. The summed E-state index contributed by atoms with van der Waals surface area (Å²) in [7, 11) is 2.11. The van der Waals surface area contributed by atoms with Crippen molar-refractivity contribution in [3.8, 4) is 0 Å². The third-order valence-corrected chi connectivity index (χ3v) is 4.51. The first kappa shape index (κ1) is 18.1. The smallest absolute Gasteiger partial charge is 0.0768 e. The van der Waals surface area contributed by atoms with Gasteiger partial charge in [-0.05, 0) is 32.5 Å². The highest BCUT2D eigenvalue weighted by Crippen LogP contribution is 2.15. The average molecular weight is 346 g/mol. The summed E-state index contributed by atoms with van der Waals surface area (Å²) in [5.74, 6) is 0. The van der Waals surface area contributed by atoms with E-state index in [1.165, 1.54) is 5.69 Å². The van der Waals surface area contributed by atoms with Gasteiger partial charge in [0.05, 0.1) is 29.7 Å². The Morgan fingerprint density at radius 3 is 2.88 bits per heavy atom. The third kappa shape index (κ3) is 4.90. The number of hydrogen-bond donors (Lipinski definition) is 2. The molecule has 2 aromatic heterocycles. The molecule has 1 aliphatic rings. The lowest BCUT2D eigenvalue weighted by Crippen LogP contribution is -2.37. The molecular weight excluding hydrogens is 316 g/mol. The van der Waals surface area contributed by atoms with Crippen LogP contribution >= 0.6 is 0 Å². The van der Waals surface area contributed by atoms with Gasteiger partial charge in [-0.25, -0.2) is 0 Å². The molecule has 1 atom stereocenters. The molecule has 0 saturated heterocycles. The van der Waals surface area contributed by atoms with E-state index in [1.54, 1.807) is 0 Å². The Hall–Kier alpha value is -1.70. The minimum absolute atomic E-state index is 0.285. The van der Waals surface area contributed by atoms with Gasteiger partial charge in [-0.3, -0.25) is 19.6 Å². The minimum atomic E-state index is -0.285. The van der Waals surface area contributed by atoms with Crippen LogP contribution in [-0.2, 0) is 32.6 Å². The summed E-state index contributed by atoms with van der Waals surface area (Å²) < 4.78 is 2.11. The van der Waals surface area contributed by atoms with Gasteiger partial charge in [0.25, 0.3) is 0 Å². The molecule has 0 bridgehead atoms. The van der Waals surface area contributed by atoms with Gasteiger partial charge in [-0.2, -0.15) is 10.2 Å². The first-order valence-electron chi connectivity index (χ1n) is 9.21. The predicted octanol–water partition coefficient (Wildman–Crippen LogP) is 1.39. The predicted molar refractivity (Wildman–Crippen MR) is 96.9 cm³/mol. The molecular formula is C18H30N6O. The lowest BCUT2D eigenvalue weighted by atomic mass is 10.2. The van der Waals surface area contributed by atoms with Crippen LogP contribution in [0.25, 0.3) is 0 Å². The van der Waals surface area contributed by atoms with Crippen LogP contribution in [0, 0.1) is 0 Å². The van der Waals surface area contributed by atoms with Gasteiger partial charge in [-0.1, -0.05) is 13.3 Å². The first-order valence-corrected chi connectivity index (χ1v) is 9.21. The van der Waals surface area contributed by atoms with E-state index >= 15 is 0 Å². The summed E-state index contributed by atoms with van der Waals surface area (Å²) in [6.07, 6.45) is 1.86. The van der Waals surface area contributed by atoms with E-state index in [4.69, 9.17) is 5.10 Å². The summed E-state index contributed by atoms with van der Waals surface area (Å²) in [4.78, 5) is 4.54. The van der Waals surface area contributed by atoms with E-state index in [9.17, 15) is 5.11 Å². The third-order valence-electron chi connectivity index (χ3n) is 4.51. The topological polar surface area (TPSA) is 73.2 Å². The van der Waals surface area contributed by atoms with E-state index in [1.807, 2.05) is 6.92 Å².